The fraction of sp³-hybridized carbons (Fsp3) is 0.455. The molecule has 1 saturated carbocycles. The lowest BCUT2D eigenvalue weighted by Gasteiger charge is -2.05. The number of carbonyl (C=O) groups is 2. The second-order valence-corrected chi connectivity index (χ2v) is 5.06. The molecule has 1 amide bonds. The number of esters is 1. The smallest absolute Gasteiger partial charge is 0.350 e. The van der Waals surface area contributed by atoms with Gasteiger partial charge in [-0.2, -0.15) is 0 Å². The predicted molar refractivity (Wildman–Crippen MR) is 70.1 cm³/mol. The minimum atomic E-state index is -0.522. The van der Waals surface area contributed by atoms with Gasteiger partial charge in [0.1, 0.15) is 9.88 Å². The molecule has 2 rings (SSSR count). The SMILES string of the molecule is CNC(=O)c1c(NC2CC2)sc(C(=O)OC)c1N. The zero-order chi connectivity index (χ0) is 13.3. The summed E-state index contributed by atoms with van der Waals surface area (Å²) in [5.41, 5.74) is 6.37. The molecule has 1 aromatic rings. The number of amides is 1. The summed E-state index contributed by atoms with van der Waals surface area (Å²) < 4.78 is 4.65. The maximum Gasteiger partial charge on any atom is 0.350 e. The number of nitrogen functional groups attached to an aromatic ring is 1. The molecule has 0 spiro atoms. The zero-order valence-corrected chi connectivity index (χ0v) is 11.0. The van der Waals surface area contributed by atoms with E-state index in [1.54, 1.807) is 0 Å². The van der Waals surface area contributed by atoms with E-state index in [-0.39, 0.29) is 16.5 Å². The van der Waals surface area contributed by atoms with Crippen molar-refractivity contribution in [1.82, 2.24) is 5.32 Å². The van der Waals surface area contributed by atoms with Crippen molar-refractivity contribution < 1.29 is 14.3 Å². The Bertz CT molecular complexity index is 494. The molecule has 0 bridgehead atoms. The molecular formula is C11H15N3O3S. The van der Waals surface area contributed by atoms with Crippen LogP contribution in [0.2, 0.25) is 0 Å². The van der Waals surface area contributed by atoms with Gasteiger partial charge >= 0.3 is 5.97 Å². The summed E-state index contributed by atoms with van der Waals surface area (Å²) in [5, 5.41) is 6.37. The number of anilines is 2. The second kappa shape index (κ2) is 4.85. The Morgan fingerprint density at radius 2 is 2.11 bits per heavy atom. The summed E-state index contributed by atoms with van der Waals surface area (Å²) in [6.45, 7) is 0. The highest BCUT2D eigenvalue weighted by Gasteiger charge is 2.29. The van der Waals surface area contributed by atoms with Gasteiger partial charge in [-0.05, 0) is 12.8 Å². The summed E-state index contributed by atoms with van der Waals surface area (Å²) in [4.78, 5) is 23.6. The summed E-state index contributed by atoms with van der Waals surface area (Å²) in [6.07, 6.45) is 2.14. The Hall–Kier alpha value is -1.76. The third-order valence-electron chi connectivity index (χ3n) is 2.68. The number of nitrogens with one attached hydrogen (secondary N) is 2. The van der Waals surface area contributed by atoms with E-state index < -0.39 is 5.97 Å². The van der Waals surface area contributed by atoms with E-state index in [1.165, 1.54) is 14.2 Å². The second-order valence-electron chi connectivity index (χ2n) is 4.04. The molecule has 1 aliphatic carbocycles. The van der Waals surface area contributed by atoms with E-state index in [0.717, 1.165) is 24.2 Å². The average molecular weight is 269 g/mol. The van der Waals surface area contributed by atoms with Crippen molar-refractivity contribution in [2.24, 2.45) is 0 Å². The monoisotopic (exact) mass is 269 g/mol. The van der Waals surface area contributed by atoms with Gasteiger partial charge in [-0.1, -0.05) is 0 Å². The lowest BCUT2D eigenvalue weighted by molar-refractivity contribution is 0.0607. The van der Waals surface area contributed by atoms with E-state index in [4.69, 9.17) is 5.73 Å². The van der Waals surface area contributed by atoms with Crippen LogP contribution in [0.25, 0.3) is 0 Å². The Morgan fingerprint density at radius 3 is 2.61 bits per heavy atom. The van der Waals surface area contributed by atoms with Crippen LogP contribution in [0.15, 0.2) is 0 Å². The summed E-state index contributed by atoms with van der Waals surface area (Å²) in [6, 6.07) is 0.372. The molecule has 1 aliphatic rings. The minimum absolute atomic E-state index is 0.175. The number of thiophene rings is 1. The molecule has 4 N–H and O–H groups in total. The largest absolute Gasteiger partial charge is 0.465 e. The first kappa shape index (κ1) is 12.7. The standard InChI is InChI=1S/C11H15N3O3S/c1-13-9(15)6-7(12)8(11(16)17-2)18-10(6)14-5-3-4-5/h5,14H,3-4,12H2,1-2H3,(H,13,15). The number of methoxy groups -OCH3 is 1. The fourth-order valence-electron chi connectivity index (χ4n) is 1.55. The van der Waals surface area contributed by atoms with Crippen molar-refractivity contribution in [3.8, 4) is 0 Å². The molecule has 1 heterocycles. The van der Waals surface area contributed by atoms with Crippen LogP contribution in [0.5, 0.6) is 0 Å². The topological polar surface area (TPSA) is 93.5 Å². The van der Waals surface area contributed by atoms with Crippen LogP contribution in [0.4, 0.5) is 10.7 Å². The molecule has 18 heavy (non-hydrogen) atoms. The van der Waals surface area contributed by atoms with E-state index >= 15 is 0 Å². The van der Waals surface area contributed by atoms with Gasteiger partial charge in [0.2, 0.25) is 0 Å². The quantitative estimate of drug-likeness (QED) is 0.710. The normalized spacial score (nSPS) is 14.1. The number of rotatable bonds is 4. The van der Waals surface area contributed by atoms with E-state index in [1.807, 2.05) is 0 Å². The maximum atomic E-state index is 11.8. The molecule has 6 nitrogen and oxygen atoms in total. The highest BCUT2D eigenvalue weighted by Crippen LogP contribution is 2.38. The van der Waals surface area contributed by atoms with Crippen LogP contribution >= 0.6 is 11.3 Å². The molecule has 0 aliphatic heterocycles. The lowest BCUT2D eigenvalue weighted by Crippen LogP contribution is -2.20. The van der Waals surface area contributed by atoms with Gasteiger partial charge in [0.25, 0.3) is 5.91 Å². The van der Waals surface area contributed by atoms with Crippen LogP contribution in [-0.2, 0) is 4.74 Å². The molecule has 7 heteroatoms. The van der Waals surface area contributed by atoms with Crippen LogP contribution in [0.1, 0.15) is 32.9 Å². The molecule has 1 aromatic heterocycles. The maximum absolute atomic E-state index is 11.8. The summed E-state index contributed by atoms with van der Waals surface area (Å²) in [7, 11) is 2.81. The number of nitrogens with two attached hydrogens (primary N) is 1. The van der Waals surface area contributed by atoms with Gasteiger partial charge in [-0.3, -0.25) is 4.79 Å². The third kappa shape index (κ3) is 2.26. The predicted octanol–water partition coefficient (Wildman–Crippen LogP) is 1.05. The third-order valence-corrected chi connectivity index (χ3v) is 3.80. The van der Waals surface area contributed by atoms with Crippen molar-refractivity contribution >= 4 is 33.9 Å². The van der Waals surface area contributed by atoms with Gasteiger partial charge in [-0.25, -0.2) is 4.79 Å². The molecular weight excluding hydrogens is 254 g/mol. The molecule has 0 saturated heterocycles. The van der Waals surface area contributed by atoms with E-state index in [0.29, 0.717) is 16.6 Å². The van der Waals surface area contributed by atoms with E-state index in [2.05, 4.69) is 15.4 Å². The van der Waals surface area contributed by atoms with Gasteiger partial charge in [0.15, 0.2) is 0 Å². The Balaban J connectivity index is 2.41. The van der Waals surface area contributed by atoms with Gasteiger partial charge < -0.3 is 21.1 Å². The Labute approximate surface area is 108 Å². The van der Waals surface area contributed by atoms with Crippen molar-refractivity contribution in [1.29, 1.82) is 0 Å². The molecule has 0 atom stereocenters. The zero-order valence-electron chi connectivity index (χ0n) is 10.2. The van der Waals surface area contributed by atoms with Crippen LogP contribution < -0.4 is 16.4 Å². The number of carbonyl (C=O) groups excluding carboxylic acids is 2. The Morgan fingerprint density at radius 1 is 1.44 bits per heavy atom. The van der Waals surface area contributed by atoms with Crippen molar-refractivity contribution in [3.05, 3.63) is 10.4 Å². The van der Waals surface area contributed by atoms with Gasteiger partial charge in [0.05, 0.1) is 18.4 Å². The first-order chi connectivity index (χ1) is 8.58. The lowest BCUT2D eigenvalue weighted by atomic mass is 10.2. The van der Waals surface area contributed by atoms with Gasteiger partial charge in [-0.15, -0.1) is 11.3 Å². The number of ether oxygens (including phenoxy) is 1. The molecule has 0 radical (unpaired) electrons. The molecule has 0 unspecified atom stereocenters. The van der Waals surface area contributed by atoms with Crippen LogP contribution in [0.3, 0.4) is 0 Å². The number of hydrogen-bond acceptors (Lipinski definition) is 6. The average Bonchev–Trinajstić information content (AvgIpc) is 3.12. The van der Waals surface area contributed by atoms with Crippen LogP contribution in [0, 0.1) is 0 Å². The molecule has 1 fully saturated rings. The van der Waals surface area contributed by atoms with Crippen LogP contribution in [-0.4, -0.2) is 32.1 Å². The minimum Gasteiger partial charge on any atom is -0.465 e. The molecule has 98 valence electrons. The van der Waals surface area contributed by atoms with Gasteiger partial charge in [0, 0.05) is 13.1 Å². The van der Waals surface area contributed by atoms with E-state index in [9.17, 15) is 9.59 Å². The fourth-order valence-corrected chi connectivity index (χ4v) is 2.67. The number of hydrogen-bond donors (Lipinski definition) is 3. The van der Waals surface area contributed by atoms with Crippen molar-refractivity contribution in [2.75, 3.05) is 25.2 Å². The van der Waals surface area contributed by atoms with Crippen molar-refractivity contribution in [3.63, 3.8) is 0 Å². The first-order valence-corrected chi connectivity index (χ1v) is 6.39. The van der Waals surface area contributed by atoms with Crippen molar-refractivity contribution in [2.45, 2.75) is 18.9 Å². The highest BCUT2D eigenvalue weighted by atomic mass is 32.1. The first-order valence-electron chi connectivity index (χ1n) is 5.57. The summed E-state index contributed by atoms with van der Waals surface area (Å²) in [5.74, 6) is -0.825. The highest BCUT2D eigenvalue weighted by molar-refractivity contribution is 7.19. The molecule has 0 aromatic carbocycles. The Kier molecular flexibility index (Phi) is 3.42. The summed E-state index contributed by atoms with van der Waals surface area (Å²) >= 11 is 1.16.